The van der Waals surface area contributed by atoms with Gasteiger partial charge in [-0.1, -0.05) is 6.92 Å². The van der Waals surface area contributed by atoms with Gasteiger partial charge in [0, 0.05) is 19.2 Å². The van der Waals surface area contributed by atoms with E-state index in [1.807, 2.05) is 6.92 Å². The molecule has 5 nitrogen and oxygen atoms in total. The predicted octanol–water partition coefficient (Wildman–Crippen LogP) is 2.60. The summed E-state index contributed by atoms with van der Waals surface area (Å²) in [4.78, 5) is 24.3. The summed E-state index contributed by atoms with van der Waals surface area (Å²) in [6.45, 7) is 3.31. The van der Waals surface area contributed by atoms with Crippen LogP contribution in [0.1, 0.15) is 62.4 Å². The van der Waals surface area contributed by atoms with Gasteiger partial charge in [0.2, 0.25) is 0 Å². The van der Waals surface area contributed by atoms with Gasteiger partial charge in [0.15, 0.2) is 0 Å². The number of nitrogens with zero attached hydrogens (tertiary/aromatic N) is 2. The van der Waals surface area contributed by atoms with E-state index in [0.29, 0.717) is 17.7 Å². The van der Waals surface area contributed by atoms with Crippen LogP contribution in [0.25, 0.3) is 0 Å². The van der Waals surface area contributed by atoms with Gasteiger partial charge in [0.05, 0.1) is 0 Å². The van der Waals surface area contributed by atoms with Crippen molar-refractivity contribution in [1.29, 1.82) is 0 Å². The number of aryl methyl sites for hydroxylation is 1. The number of rotatable bonds is 5. The Bertz CT molecular complexity index is 659. The molecule has 4 saturated carbocycles. The lowest BCUT2D eigenvalue weighted by Crippen LogP contribution is -2.51. The van der Waals surface area contributed by atoms with Crippen molar-refractivity contribution in [3.63, 3.8) is 0 Å². The maximum absolute atomic E-state index is 12.5. The van der Waals surface area contributed by atoms with Crippen molar-refractivity contribution in [1.82, 2.24) is 15.1 Å². The Morgan fingerprint density at radius 1 is 1.21 bits per heavy atom. The Hall–Kier alpha value is -1.65. The highest BCUT2D eigenvalue weighted by molar-refractivity contribution is 5.92. The molecule has 130 valence electrons. The highest BCUT2D eigenvalue weighted by atomic mass is 16.2. The fourth-order valence-electron chi connectivity index (χ4n) is 5.81. The third-order valence-corrected chi connectivity index (χ3v) is 6.32. The first-order chi connectivity index (χ1) is 11.6. The van der Waals surface area contributed by atoms with E-state index in [2.05, 4.69) is 10.4 Å². The number of nitrogens with one attached hydrogen (secondary N) is 1. The SMILES string of the molecule is CCCn1nc(C(=O)NCC23CC4CC(CC(C4)C2)C3)ccc1=O. The molecule has 1 amide bonds. The second-order valence-corrected chi connectivity index (χ2v) is 8.38. The Balaban J connectivity index is 1.44. The van der Waals surface area contributed by atoms with Crippen LogP contribution in [0.4, 0.5) is 0 Å². The first-order valence-corrected chi connectivity index (χ1v) is 9.43. The molecule has 1 aromatic heterocycles. The van der Waals surface area contributed by atoms with Crippen molar-refractivity contribution in [2.45, 2.75) is 58.4 Å². The quantitative estimate of drug-likeness (QED) is 0.903. The van der Waals surface area contributed by atoms with E-state index in [1.165, 1.54) is 49.3 Å². The summed E-state index contributed by atoms with van der Waals surface area (Å²) in [5, 5.41) is 7.35. The van der Waals surface area contributed by atoms with E-state index < -0.39 is 0 Å². The van der Waals surface area contributed by atoms with Crippen molar-refractivity contribution in [3.8, 4) is 0 Å². The largest absolute Gasteiger partial charge is 0.350 e. The third kappa shape index (κ3) is 2.89. The highest BCUT2D eigenvalue weighted by Crippen LogP contribution is 2.59. The average Bonchev–Trinajstić information content (AvgIpc) is 2.54. The van der Waals surface area contributed by atoms with Crippen LogP contribution < -0.4 is 10.9 Å². The number of carbonyl (C=O) groups excluding carboxylic acids is 1. The van der Waals surface area contributed by atoms with Gasteiger partial charge in [-0.05, 0) is 74.2 Å². The van der Waals surface area contributed by atoms with Crippen LogP contribution in [0.3, 0.4) is 0 Å². The summed E-state index contributed by atoms with van der Waals surface area (Å²) in [5.41, 5.74) is 0.532. The van der Waals surface area contributed by atoms with Gasteiger partial charge in [-0.25, -0.2) is 4.68 Å². The predicted molar refractivity (Wildman–Crippen MR) is 91.7 cm³/mol. The molecule has 5 heteroatoms. The summed E-state index contributed by atoms with van der Waals surface area (Å²) in [6, 6.07) is 2.99. The Kier molecular flexibility index (Phi) is 3.97. The molecule has 0 atom stereocenters. The average molecular weight is 329 g/mol. The minimum Gasteiger partial charge on any atom is -0.350 e. The normalized spacial score (nSPS) is 33.6. The van der Waals surface area contributed by atoms with E-state index in [0.717, 1.165) is 30.7 Å². The van der Waals surface area contributed by atoms with Crippen LogP contribution in [0, 0.1) is 23.2 Å². The Morgan fingerprint density at radius 2 is 1.83 bits per heavy atom. The molecule has 0 aliphatic heterocycles. The van der Waals surface area contributed by atoms with E-state index in [4.69, 9.17) is 0 Å². The van der Waals surface area contributed by atoms with Crippen LogP contribution >= 0.6 is 0 Å². The Morgan fingerprint density at radius 3 is 2.42 bits per heavy atom. The van der Waals surface area contributed by atoms with Crippen LogP contribution in [-0.4, -0.2) is 22.2 Å². The van der Waals surface area contributed by atoms with Crippen molar-refractivity contribution in [2.24, 2.45) is 23.2 Å². The molecular weight excluding hydrogens is 302 g/mol. The first kappa shape index (κ1) is 15.9. The Labute approximate surface area is 142 Å². The molecule has 5 rings (SSSR count). The topological polar surface area (TPSA) is 64.0 Å². The summed E-state index contributed by atoms with van der Waals surface area (Å²) in [6.07, 6.45) is 8.90. The molecule has 4 fully saturated rings. The molecular formula is C19H27N3O2. The van der Waals surface area contributed by atoms with Crippen LogP contribution in [0.15, 0.2) is 16.9 Å². The van der Waals surface area contributed by atoms with Gasteiger partial charge < -0.3 is 5.32 Å². The van der Waals surface area contributed by atoms with Gasteiger partial charge in [-0.15, -0.1) is 0 Å². The standard InChI is InChI=1S/C19H27N3O2/c1-2-5-22-17(23)4-3-16(21-22)18(24)20-12-19-9-13-6-14(10-19)8-15(7-13)11-19/h3-4,13-15H,2,5-12H2,1H3,(H,20,24). The lowest BCUT2D eigenvalue weighted by molar-refractivity contribution is -0.0503. The lowest BCUT2D eigenvalue weighted by Gasteiger charge is -2.56. The molecule has 4 bridgehead atoms. The van der Waals surface area contributed by atoms with E-state index in [-0.39, 0.29) is 11.5 Å². The number of aromatic nitrogens is 2. The smallest absolute Gasteiger partial charge is 0.271 e. The fourth-order valence-corrected chi connectivity index (χ4v) is 5.81. The van der Waals surface area contributed by atoms with Gasteiger partial charge in [0.1, 0.15) is 5.69 Å². The van der Waals surface area contributed by atoms with Gasteiger partial charge in [-0.3, -0.25) is 9.59 Å². The van der Waals surface area contributed by atoms with E-state index >= 15 is 0 Å². The highest BCUT2D eigenvalue weighted by Gasteiger charge is 2.50. The molecule has 0 spiro atoms. The van der Waals surface area contributed by atoms with Crippen molar-refractivity contribution in [2.75, 3.05) is 6.54 Å². The number of hydrogen-bond donors (Lipinski definition) is 1. The van der Waals surface area contributed by atoms with Crippen molar-refractivity contribution < 1.29 is 4.79 Å². The zero-order valence-electron chi connectivity index (χ0n) is 14.5. The molecule has 0 unspecified atom stereocenters. The fraction of sp³-hybridized carbons (Fsp3) is 0.737. The minimum absolute atomic E-state index is 0.143. The summed E-state index contributed by atoms with van der Waals surface area (Å²) in [7, 11) is 0. The lowest BCUT2D eigenvalue weighted by atomic mass is 9.49. The molecule has 1 heterocycles. The number of hydrogen-bond acceptors (Lipinski definition) is 3. The molecule has 0 aromatic carbocycles. The zero-order valence-corrected chi connectivity index (χ0v) is 14.5. The molecule has 4 aliphatic carbocycles. The molecule has 4 aliphatic rings. The van der Waals surface area contributed by atoms with Crippen molar-refractivity contribution in [3.05, 3.63) is 28.2 Å². The van der Waals surface area contributed by atoms with E-state index in [9.17, 15) is 9.59 Å². The van der Waals surface area contributed by atoms with Crippen LogP contribution in [-0.2, 0) is 6.54 Å². The zero-order chi connectivity index (χ0) is 16.7. The summed E-state index contributed by atoms with van der Waals surface area (Å²) in [5.74, 6) is 2.52. The van der Waals surface area contributed by atoms with Crippen LogP contribution in [0.5, 0.6) is 0 Å². The van der Waals surface area contributed by atoms with Gasteiger partial charge in [0.25, 0.3) is 11.5 Å². The maximum atomic E-state index is 12.5. The number of carbonyl (C=O) groups is 1. The number of amides is 1. The van der Waals surface area contributed by atoms with Gasteiger partial charge >= 0.3 is 0 Å². The molecule has 0 radical (unpaired) electrons. The molecule has 24 heavy (non-hydrogen) atoms. The monoisotopic (exact) mass is 329 g/mol. The minimum atomic E-state index is -0.144. The van der Waals surface area contributed by atoms with Crippen LogP contribution in [0.2, 0.25) is 0 Å². The second kappa shape index (κ2) is 6.01. The van der Waals surface area contributed by atoms with E-state index in [1.54, 1.807) is 6.07 Å². The van der Waals surface area contributed by atoms with Gasteiger partial charge in [-0.2, -0.15) is 5.10 Å². The second-order valence-electron chi connectivity index (χ2n) is 8.38. The maximum Gasteiger partial charge on any atom is 0.271 e. The summed E-state index contributed by atoms with van der Waals surface area (Å²) >= 11 is 0. The third-order valence-electron chi connectivity index (χ3n) is 6.32. The molecule has 0 saturated heterocycles. The summed E-state index contributed by atoms with van der Waals surface area (Å²) < 4.78 is 1.39. The van der Waals surface area contributed by atoms with Crippen molar-refractivity contribution >= 4 is 5.91 Å². The first-order valence-electron chi connectivity index (χ1n) is 9.43. The molecule has 1 aromatic rings. The molecule has 1 N–H and O–H groups in total.